The summed E-state index contributed by atoms with van der Waals surface area (Å²) >= 11 is 2.95. The SMILES string of the molecule is CC(=O)OC[C@H]1OC(Br)[C@@H](F)[C@@H]1OC(C)=O. The average molecular weight is 299 g/mol. The molecule has 1 heterocycles. The maximum atomic E-state index is 13.5. The number of esters is 2. The lowest BCUT2D eigenvalue weighted by Gasteiger charge is -2.18. The van der Waals surface area contributed by atoms with Crippen molar-refractivity contribution < 1.29 is 28.2 Å². The Morgan fingerprint density at radius 3 is 2.50 bits per heavy atom. The predicted octanol–water partition coefficient (Wildman–Crippen LogP) is 0.939. The second-order valence-corrected chi connectivity index (χ2v) is 4.25. The van der Waals surface area contributed by atoms with E-state index < -0.39 is 35.3 Å². The summed E-state index contributed by atoms with van der Waals surface area (Å²) in [6, 6.07) is 0. The van der Waals surface area contributed by atoms with E-state index >= 15 is 0 Å². The number of halogens is 2. The van der Waals surface area contributed by atoms with Crippen molar-refractivity contribution in [2.24, 2.45) is 0 Å². The van der Waals surface area contributed by atoms with Crippen LogP contribution in [0.4, 0.5) is 4.39 Å². The number of carbonyl (C=O) groups excluding carboxylic acids is 2. The van der Waals surface area contributed by atoms with Gasteiger partial charge in [0.25, 0.3) is 0 Å². The Morgan fingerprint density at radius 2 is 2.00 bits per heavy atom. The number of alkyl halides is 2. The van der Waals surface area contributed by atoms with Crippen molar-refractivity contribution in [1.82, 2.24) is 0 Å². The number of hydrogen-bond donors (Lipinski definition) is 0. The van der Waals surface area contributed by atoms with E-state index in [4.69, 9.17) is 14.2 Å². The highest BCUT2D eigenvalue weighted by molar-refractivity contribution is 9.09. The maximum Gasteiger partial charge on any atom is 0.303 e. The normalized spacial score (nSPS) is 33.5. The standard InChI is InChI=1S/C9H12BrFO5/c1-4(12)14-3-6-8(15-5(2)13)7(11)9(10)16-6/h6-9H,3H2,1-2H3/t6-,7+,8-,9?/m1/s1. The molecule has 0 aromatic heterocycles. The van der Waals surface area contributed by atoms with Gasteiger partial charge in [-0.3, -0.25) is 9.59 Å². The summed E-state index contributed by atoms with van der Waals surface area (Å²) in [4.78, 5) is 21.4. The van der Waals surface area contributed by atoms with Crippen LogP contribution in [0.3, 0.4) is 0 Å². The Balaban J connectivity index is 2.59. The molecule has 5 nitrogen and oxygen atoms in total. The molecule has 1 unspecified atom stereocenters. The van der Waals surface area contributed by atoms with Crippen molar-refractivity contribution in [3.63, 3.8) is 0 Å². The maximum absolute atomic E-state index is 13.5. The third-order valence-corrected chi connectivity index (χ3v) is 2.71. The number of ether oxygens (including phenoxy) is 3. The van der Waals surface area contributed by atoms with Crippen molar-refractivity contribution in [2.45, 2.75) is 37.2 Å². The number of hydrogen-bond acceptors (Lipinski definition) is 5. The van der Waals surface area contributed by atoms with E-state index in [1.54, 1.807) is 0 Å². The van der Waals surface area contributed by atoms with Crippen LogP contribution in [0.25, 0.3) is 0 Å². The van der Waals surface area contributed by atoms with Crippen molar-refractivity contribution in [2.75, 3.05) is 6.61 Å². The van der Waals surface area contributed by atoms with Gasteiger partial charge in [0.15, 0.2) is 12.3 Å². The molecule has 0 spiro atoms. The minimum Gasteiger partial charge on any atom is -0.463 e. The molecule has 1 aliphatic heterocycles. The molecule has 16 heavy (non-hydrogen) atoms. The van der Waals surface area contributed by atoms with E-state index in [9.17, 15) is 14.0 Å². The molecule has 0 radical (unpaired) electrons. The van der Waals surface area contributed by atoms with Gasteiger partial charge in [0, 0.05) is 13.8 Å². The zero-order chi connectivity index (χ0) is 12.3. The lowest BCUT2D eigenvalue weighted by Crippen LogP contribution is -2.36. The van der Waals surface area contributed by atoms with E-state index in [0.29, 0.717) is 0 Å². The highest BCUT2D eigenvalue weighted by atomic mass is 79.9. The Kier molecular flexibility index (Phi) is 4.67. The van der Waals surface area contributed by atoms with Gasteiger partial charge in [-0.15, -0.1) is 0 Å². The van der Waals surface area contributed by atoms with Crippen LogP contribution < -0.4 is 0 Å². The van der Waals surface area contributed by atoms with Gasteiger partial charge < -0.3 is 14.2 Å². The third kappa shape index (κ3) is 3.41. The molecule has 1 fully saturated rings. The van der Waals surface area contributed by atoms with Gasteiger partial charge in [-0.1, -0.05) is 15.9 Å². The van der Waals surface area contributed by atoms with Gasteiger partial charge in [0.1, 0.15) is 17.7 Å². The molecule has 0 saturated carbocycles. The largest absolute Gasteiger partial charge is 0.463 e. The molecule has 0 aromatic rings. The molecule has 92 valence electrons. The van der Waals surface area contributed by atoms with Crippen molar-refractivity contribution >= 4 is 27.9 Å². The first-order valence-electron chi connectivity index (χ1n) is 4.66. The van der Waals surface area contributed by atoms with Crippen LogP contribution in [0.2, 0.25) is 0 Å². The first-order valence-corrected chi connectivity index (χ1v) is 5.57. The van der Waals surface area contributed by atoms with Crippen molar-refractivity contribution in [3.8, 4) is 0 Å². The summed E-state index contributed by atoms with van der Waals surface area (Å²) in [5, 5.41) is -0.864. The molecule has 1 rings (SSSR count). The van der Waals surface area contributed by atoms with E-state index in [1.807, 2.05) is 0 Å². The van der Waals surface area contributed by atoms with Crippen LogP contribution in [-0.2, 0) is 23.8 Å². The monoisotopic (exact) mass is 298 g/mol. The molecule has 0 aliphatic carbocycles. The lowest BCUT2D eigenvalue weighted by atomic mass is 10.2. The fourth-order valence-electron chi connectivity index (χ4n) is 1.34. The van der Waals surface area contributed by atoms with Gasteiger partial charge in [-0.25, -0.2) is 4.39 Å². The minimum atomic E-state index is -1.48. The fourth-order valence-corrected chi connectivity index (χ4v) is 1.92. The minimum absolute atomic E-state index is 0.143. The number of carbonyl (C=O) groups is 2. The smallest absolute Gasteiger partial charge is 0.303 e. The van der Waals surface area contributed by atoms with E-state index in [0.717, 1.165) is 0 Å². The van der Waals surface area contributed by atoms with Gasteiger partial charge in [-0.2, -0.15) is 0 Å². The average Bonchev–Trinajstić information content (AvgIpc) is 2.42. The second-order valence-electron chi connectivity index (χ2n) is 3.35. The first kappa shape index (κ1) is 13.4. The van der Waals surface area contributed by atoms with Crippen LogP contribution in [-0.4, -0.2) is 41.9 Å². The van der Waals surface area contributed by atoms with Crippen molar-refractivity contribution in [1.29, 1.82) is 0 Å². The van der Waals surface area contributed by atoms with Crippen LogP contribution in [0.15, 0.2) is 0 Å². The quantitative estimate of drug-likeness (QED) is 0.573. The summed E-state index contributed by atoms with van der Waals surface area (Å²) in [5.41, 5.74) is 0. The summed E-state index contributed by atoms with van der Waals surface area (Å²) in [7, 11) is 0. The van der Waals surface area contributed by atoms with Gasteiger partial charge in [0.2, 0.25) is 0 Å². The molecular formula is C9H12BrFO5. The zero-order valence-corrected chi connectivity index (χ0v) is 10.4. The molecule has 0 N–H and O–H groups in total. The predicted molar refractivity (Wildman–Crippen MR) is 54.7 cm³/mol. The van der Waals surface area contributed by atoms with E-state index in [1.165, 1.54) is 13.8 Å². The topological polar surface area (TPSA) is 61.8 Å². The van der Waals surface area contributed by atoms with Crippen LogP contribution in [0.1, 0.15) is 13.8 Å². The summed E-state index contributed by atoms with van der Waals surface area (Å²) < 4.78 is 28.1. The Hall–Kier alpha value is -0.690. The fraction of sp³-hybridized carbons (Fsp3) is 0.778. The first-order chi connectivity index (χ1) is 7.41. The van der Waals surface area contributed by atoms with Gasteiger partial charge >= 0.3 is 11.9 Å². The zero-order valence-electron chi connectivity index (χ0n) is 8.81. The molecule has 4 atom stereocenters. The van der Waals surface area contributed by atoms with Crippen LogP contribution in [0.5, 0.6) is 0 Å². The number of rotatable bonds is 3. The molecule has 0 bridgehead atoms. The van der Waals surface area contributed by atoms with E-state index in [2.05, 4.69) is 15.9 Å². The molecule has 0 amide bonds. The Bertz CT molecular complexity index is 285. The van der Waals surface area contributed by atoms with Crippen molar-refractivity contribution in [3.05, 3.63) is 0 Å². The highest BCUT2D eigenvalue weighted by Crippen LogP contribution is 2.30. The molecule has 1 saturated heterocycles. The second kappa shape index (κ2) is 5.58. The Morgan fingerprint density at radius 1 is 1.38 bits per heavy atom. The lowest BCUT2D eigenvalue weighted by molar-refractivity contribution is -0.155. The van der Waals surface area contributed by atoms with Crippen LogP contribution >= 0.6 is 15.9 Å². The summed E-state index contributed by atoms with van der Waals surface area (Å²) in [5.74, 6) is -1.11. The Labute approximate surface area is 100 Å². The van der Waals surface area contributed by atoms with Gasteiger partial charge in [0.05, 0.1) is 0 Å². The van der Waals surface area contributed by atoms with E-state index in [-0.39, 0.29) is 6.61 Å². The molecule has 7 heteroatoms. The molecule has 0 aromatic carbocycles. The summed E-state index contributed by atoms with van der Waals surface area (Å²) in [6.45, 7) is 2.27. The molecular weight excluding hydrogens is 287 g/mol. The molecule has 1 aliphatic rings. The van der Waals surface area contributed by atoms with Crippen LogP contribution in [0, 0.1) is 0 Å². The highest BCUT2D eigenvalue weighted by Gasteiger charge is 2.46. The third-order valence-electron chi connectivity index (χ3n) is 1.99. The summed E-state index contributed by atoms with van der Waals surface area (Å²) in [6.07, 6.45) is -3.32. The van der Waals surface area contributed by atoms with Gasteiger partial charge in [-0.05, 0) is 0 Å².